The van der Waals surface area contributed by atoms with E-state index in [1.807, 2.05) is 0 Å². The lowest BCUT2D eigenvalue weighted by molar-refractivity contribution is -0.119. The van der Waals surface area contributed by atoms with E-state index in [9.17, 15) is 9.18 Å². The predicted octanol–water partition coefficient (Wildman–Crippen LogP) is 1.81. The average Bonchev–Trinajstić information content (AvgIpc) is 2.81. The summed E-state index contributed by atoms with van der Waals surface area (Å²) in [5, 5.41) is 0. The lowest BCUT2D eigenvalue weighted by atomic mass is 10.0. The van der Waals surface area contributed by atoms with E-state index in [1.54, 1.807) is 11.0 Å². The number of carbonyl (C=O) groups is 1. The zero-order valence-electron chi connectivity index (χ0n) is 10.3. The van der Waals surface area contributed by atoms with Gasteiger partial charge in [0, 0.05) is 12.6 Å². The zero-order valence-corrected chi connectivity index (χ0v) is 10.3. The van der Waals surface area contributed by atoms with Crippen molar-refractivity contribution in [1.82, 2.24) is 4.98 Å². The Labute approximate surface area is 109 Å². The van der Waals surface area contributed by atoms with Gasteiger partial charge in [0.2, 0.25) is 5.91 Å². The molecule has 0 radical (unpaired) electrons. The van der Waals surface area contributed by atoms with Crippen molar-refractivity contribution in [2.24, 2.45) is 5.73 Å². The van der Waals surface area contributed by atoms with Crippen molar-refractivity contribution in [2.45, 2.75) is 25.3 Å². The van der Waals surface area contributed by atoms with Crippen molar-refractivity contribution < 1.29 is 13.6 Å². The summed E-state index contributed by atoms with van der Waals surface area (Å²) in [4.78, 5) is 17.5. The molecule has 1 aliphatic rings. The van der Waals surface area contributed by atoms with Crippen LogP contribution in [0.3, 0.4) is 0 Å². The molecule has 2 N–H and O–H groups in total. The number of benzene rings is 1. The van der Waals surface area contributed by atoms with E-state index < -0.39 is 6.04 Å². The van der Waals surface area contributed by atoms with E-state index in [0.29, 0.717) is 30.1 Å². The number of piperidine rings is 1. The maximum absolute atomic E-state index is 13.1. The van der Waals surface area contributed by atoms with Crippen molar-refractivity contribution in [3.63, 3.8) is 0 Å². The Morgan fingerprint density at radius 1 is 1.47 bits per heavy atom. The highest BCUT2D eigenvalue weighted by Gasteiger charge is 2.30. The van der Waals surface area contributed by atoms with Gasteiger partial charge in [0.1, 0.15) is 17.4 Å². The van der Waals surface area contributed by atoms with Crippen molar-refractivity contribution in [2.75, 3.05) is 11.4 Å². The molecule has 0 bridgehead atoms. The molecule has 1 saturated heterocycles. The number of primary amides is 1. The van der Waals surface area contributed by atoms with Crippen LogP contribution in [0.2, 0.25) is 0 Å². The number of rotatable bonds is 2. The van der Waals surface area contributed by atoms with Gasteiger partial charge >= 0.3 is 0 Å². The van der Waals surface area contributed by atoms with Crippen molar-refractivity contribution in [1.29, 1.82) is 0 Å². The highest BCUT2D eigenvalue weighted by Crippen LogP contribution is 2.27. The summed E-state index contributed by atoms with van der Waals surface area (Å²) in [5.41, 5.74) is 6.36. The van der Waals surface area contributed by atoms with Crippen LogP contribution < -0.4 is 10.6 Å². The van der Waals surface area contributed by atoms with E-state index in [4.69, 9.17) is 10.2 Å². The predicted molar refractivity (Wildman–Crippen MR) is 68.1 cm³/mol. The Morgan fingerprint density at radius 2 is 2.32 bits per heavy atom. The molecule has 3 rings (SSSR count). The Kier molecular flexibility index (Phi) is 2.85. The number of carbonyl (C=O) groups excluding carboxylic acids is 1. The van der Waals surface area contributed by atoms with E-state index in [2.05, 4.69) is 4.98 Å². The normalized spacial score (nSPS) is 19.8. The number of nitrogens with zero attached hydrogens (tertiary/aromatic N) is 2. The Bertz CT molecular complexity index is 625. The Hall–Kier alpha value is -2.11. The van der Waals surface area contributed by atoms with Crippen LogP contribution in [0.4, 0.5) is 10.4 Å². The fourth-order valence-electron chi connectivity index (χ4n) is 2.47. The van der Waals surface area contributed by atoms with Gasteiger partial charge in [-0.25, -0.2) is 4.39 Å². The van der Waals surface area contributed by atoms with Gasteiger partial charge in [-0.3, -0.25) is 4.79 Å². The number of hydrogen-bond donors (Lipinski definition) is 1. The third kappa shape index (κ3) is 2.14. The first-order chi connectivity index (χ1) is 9.15. The average molecular weight is 263 g/mol. The second-order valence-corrected chi connectivity index (χ2v) is 4.72. The maximum Gasteiger partial charge on any atom is 0.299 e. The Morgan fingerprint density at radius 3 is 3.11 bits per heavy atom. The third-order valence-electron chi connectivity index (χ3n) is 3.42. The van der Waals surface area contributed by atoms with Gasteiger partial charge in [-0.05, 0) is 31.4 Å². The van der Waals surface area contributed by atoms with Crippen molar-refractivity contribution in [3.05, 3.63) is 24.0 Å². The Balaban J connectivity index is 1.99. The lowest BCUT2D eigenvalue weighted by Gasteiger charge is -2.32. The molecule has 1 unspecified atom stereocenters. The van der Waals surface area contributed by atoms with Crippen LogP contribution in [0.1, 0.15) is 19.3 Å². The second kappa shape index (κ2) is 4.53. The number of fused-ring (bicyclic) bond motifs is 1. The second-order valence-electron chi connectivity index (χ2n) is 4.72. The quantitative estimate of drug-likeness (QED) is 0.896. The van der Waals surface area contributed by atoms with Gasteiger partial charge in [0.25, 0.3) is 6.01 Å². The summed E-state index contributed by atoms with van der Waals surface area (Å²) in [5.74, 6) is -0.756. The fourth-order valence-corrected chi connectivity index (χ4v) is 2.47. The molecule has 1 aromatic carbocycles. The first-order valence-electron chi connectivity index (χ1n) is 6.27. The van der Waals surface area contributed by atoms with Gasteiger partial charge in [-0.1, -0.05) is 0 Å². The molecule has 100 valence electrons. The largest absolute Gasteiger partial charge is 0.423 e. The molecule has 0 saturated carbocycles. The minimum atomic E-state index is -0.397. The van der Waals surface area contributed by atoms with E-state index in [-0.39, 0.29) is 11.7 Å². The smallest absolute Gasteiger partial charge is 0.299 e. The number of nitrogens with two attached hydrogens (primary N) is 1. The third-order valence-corrected chi connectivity index (χ3v) is 3.42. The molecule has 0 spiro atoms. The molecule has 1 atom stereocenters. The first kappa shape index (κ1) is 12.0. The summed E-state index contributed by atoms with van der Waals surface area (Å²) in [6.07, 6.45) is 2.61. The highest BCUT2D eigenvalue weighted by molar-refractivity contribution is 5.84. The topological polar surface area (TPSA) is 72.4 Å². The number of aromatic nitrogens is 1. The summed E-state index contributed by atoms with van der Waals surface area (Å²) in [6, 6.07) is 4.11. The summed E-state index contributed by atoms with van der Waals surface area (Å²) < 4.78 is 18.7. The van der Waals surface area contributed by atoms with Crippen LogP contribution in [-0.4, -0.2) is 23.5 Å². The van der Waals surface area contributed by atoms with Crippen LogP contribution in [0.15, 0.2) is 22.6 Å². The lowest BCUT2D eigenvalue weighted by Crippen LogP contribution is -2.48. The van der Waals surface area contributed by atoms with Crippen LogP contribution in [0.5, 0.6) is 0 Å². The van der Waals surface area contributed by atoms with Gasteiger partial charge in [0.05, 0.1) is 0 Å². The molecular weight excluding hydrogens is 249 g/mol. The zero-order chi connectivity index (χ0) is 13.4. The van der Waals surface area contributed by atoms with Crippen LogP contribution in [0, 0.1) is 5.82 Å². The number of amides is 1. The van der Waals surface area contributed by atoms with E-state index in [1.165, 1.54) is 12.1 Å². The van der Waals surface area contributed by atoms with Crippen LogP contribution in [0.25, 0.3) is 11.1 Å². The number of hydrogen-bond acceptors (Lipinski definition) is 4. The molecule has 5 nitrogen and oxygen atoms in total. The molecular formula is C13H14FN3O2. The molecule has 1 aliphatic heterocycles. The molecule has 19 heavy (non-hydrogen) atoms. The highest BCUT2D eigenvalue weighted by atomic mass is 19.1. The van der Waals surface area contributed by atoms with Gasteiger partial charge in [0.15, 0.2) is 5.58 Å². The van der Waals surface area contributed by atoms with Gasteiger partial charge in [-0.2, -0.15) is 4.98 Å². The van der Waals surface area contributed by atoms with Gasteiger partial charge < -0.3 is 15.1 Å². The van der Waals surface area contributed by atoms with Crippen molar-refractivity contribution in [3.8, 4) is 0 Å². The molecule has 2 heterocycles. The molecule has 1 fully saturated rings. The molecule has 0 aliphatic carbocycles. The van der Waals surface area contributed by atoms with E-state index >= 15 is 0 Å². The van der Waals surface area contributed by atoms with Gasteiger partial charge in [-0.15, -0.1) is 0 Å². The minimum absolute atomic E-state index is 0.337. The summed E-state index contributed by atoms with van der Waals surface area (Å²) >= 11 is 0. The van der Waals surface area contributed by atoms with Crippen LogP contribution in [-0.2, 0) is 4.79 Å². The van der Waals surface area contributed by atoms with Crippen LogP contribution >= 0.6 is 0 Å². The fraction of sp³-hybridized carbons (Fsp3) is 0.385. The number of oxazole rings is 1. The molecule has 6 heteroatoms. The number of halogens is 1. The maximum atomic E-state index is 13.1. The molecule has 1 amide bonds. The molecule has 2 aromatic rings. The standard InChI is InChI=1S/C13H14FN3O2/c14-8-4-5-9-11(7-8)19-13(16-9)17-6-2-1-3-10(17)12(15)18/h4-5,7,10H,1-3,6H2,(H2,15,18). The van der Waals surface area contributed by atoms with Crippen molar-refractivity contribution >= 4 is 23.0 Å². The first-order valence-corrected chi connectivity index (χ1v) is 6.27. The monoisotopic (exact) mass is 263 g/mol. The summed E-state index contributed by atoms with van der Waals surface area (Å²) in [6.45, 7) is 0.670. The number of anilines is 1. The van der Waals surface area contributed by atoms with E-state index in [0.717, 1.165) is 12.8 Å². The SMILES string of the molecule is NC(=O)C1CCCCN1c1nc2ccc(F)cc2o1. The minimum Gasteiger partial charge on any atom is -0.423 e. The molecule has 1 aromatic heterocycles. The summed E-state index contributed by atoms with van der Waals surface area (Å²) in [7, 11) is 0.